The molecule has 0 unspecified atom stereocenters. The zero-order valence-corrected chi connectivity index (χ0v) is 11.7. The SMILES string of the molecule is Nc1nc(=O)c2[nH]cnc2n1O.Nc1nc2[nH]c(=O)[nH]c2c(=O)[nH]1. The topological polar surface area (TPSA) is 230 Å². The number of nitrogen functional groups attached to an aromatic ring is 2. The average Bonchev–Trinajstić information content (AvgIpc) is 3.12. The van der Waals surface area contributed by atoms with Crippen LogP contribution in [0.4, 0.5) is 11.9 Å². The van der Waals surface area contributed by atoms with Crippen molar-refractivity contribution in [3.05, 3.63) is 37.5 Å². The van der Waals surface area contributed by atoms with Gasteiger partial charge >= 0.3 is 11.2 Å². The molecule has 0 aliphatic rings. The molecule has 0 fully saturated rings. The summed E-state index contributed by atoms with van der Waals surface area (Å²) in [6.07, 6.45) is 1.28. The first kappa shape index (κ1) is 14.8. The van der Waals surface area contributed by atoms with E-state index in [1.165, 1.54) is 6.33 Å². The van der Waals surface area contributed by atoms with E-state index in [1.54, 1.807) is 0 Å². The molecule has 4 heterocycles. The van der Waals surface area contributed by atoms with Crippen molar-refractivity contribution >= 4 is 34.2 Å². The molecule has 0 radical (unpaired) electrons. The Hall–Kier alpha value is -4.10. The summed E-state index contributed by atoms with van der Waals surface area (Å²) in [5.74, 6) is -0.303. The molecule has 0 aliphatic heterocycles. The van der Waals surface area contributed by atoms with Gasteiger partial charge in [-0.25, -0.2) is 9.78 Å². The summed E-state index contributed by atoms with van der Waals surface area (Å²) < 4.78 is 0.549. The van der Waals surface area contributed by atoms with Gasteiger partial charge in [-0.05, 0) is 0 Å². The molecule has 14 nitrogen and oxygen atoms in total. The third-order valence-corrected chi connectivity index (χ3v) is 2.88. The molecule has 0 amide bonds. The molecule has 0 saturated heterocycles. The minimum Gasteiger partial charge on any atom is -0.423 e. The van der Waals surface area contributed by atoms with Crippen LogP contribution in [0.5, 0.6) is 0 Å². The number of rotatable bonds is 0. The van der Waals surface area contributed by atoms with Crippen molar-refractivity contribution in [2.24, 2.45) is 0 Å². The van der Waals surface area contributed by atoms with Crippen LogP contribution >= 0.6 is 0 Å². The van der Waals surface area contributed by atoms with E-state index in [0.29, 0.717) is 4.73 Å². The van der Waals surface area contributed by atoms with E-state index in [9.17, 15) is 19.6 Å². The number of aromatic nitrogens is 8. The standard InChI is InChI=1S/2C5H5N5O2/c6-5-9-4(11)2-3(10(5)12)8-1-7-2;6-4-8-2-1(3(11)10-4)7-5(12)9-2/h1,12H,(H,7,8)(H2,6,9,11);(H5,6,7,8,9,10,11,12). The number of imidazole rings is 2. The molecule has 0 saturated carbocycles. The Bertz CT molecular complexity index is 1210. The Balaban J connectivity index is 0.000000141. The summed E-state index contributed by atoms with van der Waals surface area (Å²) in [7, 11) is 0. The van der Waals surface area contributed by atoms with Gasteiger partial charge in [0.2, 0.25) is 17.5 Å². The molecule has 0 atom stereocenters. The number of H-pyrrole nitrogens is 4. The van der Waals surface area contributed by atoms with Crippen molar-refractivity contribution in [2.75, 3.05) is 11.5 Å². The Kier molecular flexibility index (Phi) is 3.25. The third-order valence-electron chi connectivity index (χ3n) is 2.88. The molecular formula is C10H10N10O4. The van der Waals surface area contributed by atoms with Crippen LogP contribution in [-0.2, 0) is 0 Å². The first-order chi connectivity index (χ1) is 11.4. The van der Waals surface area contributed by atoms with Crippen LogP contribution in [-0.4, -0.2) is 44.8 Å². The fourth-order valence-corrected chi connectivity index (χ4v) is 1.87. The fraction of sp³-hybridized carbons (Fsp3) is 0. The number of nitrogens with one attached hydrogen (secondary N) is 4. The molecule has 4 aromatic rings. The Morgan fingerprint density at radius 3 is 2.54 bits per heavy atom. The van der Waals surface area contributed by atoms with Crippen molar-refractivity contribution in [3.8, 4) is 0 Å². The first-order valence-electron chi connectivity index (χ1n) is 6.25. The van der Waals surface area contributed by atoms with Gasteiger partial charge < -0.3 is 21.7 Å². The zero-order chi connectivity index (χ0) is 17.4. The lowest BCUT2D eigenvalue weighted by Crippen LogP contribution is -2.16. The average molecular weight is 334 g/mol. The molecule has 0 aromatic carbocycles. The van der Waals surface area contributed by atoms with Gasteiger partial charge in [0.15, 0.2) is 16.7 Å². The second-order valence-electron chi connectivity index (χ2n) is 4.44. The van der Waals surface area contributed by atoms with Crippen molar-refractivity contribution < 1.29 is 5.21 Å². The number of anilines is 2. The number of nitrogens with two attached hydrogens (primary N) is 2. The molecule has 14 heteroatoms. The summed E-state index contributed by atoms with van der Waals surface area (Å²) in [6.45, 7) is 0. The van der Waals surface area contributed by atoms with Gasteiger partial charge in [0, 0.05) is 0 Å². The van der Waals surface area contributed by atoms with Gasteiger partial charge in [-0.15, -0.1) is 4.73 Å². The van der Waals surface area contributed by atoms with Gasteiger partial charge in [-0.1, -0.05) is 0 Å². The second-order valence-corrected chi connectivity index (χ2v) is 4.44. The normalized spacial score (nSPS) is 10.7. The van der Waals surface area contributed by atoms with E-state index in [1.807, 2.05) is 0 Å². The second kappa shape index (κ2) is 5.27. The summed E-state index contributed by atoms with van der Waals surface area (Å²) in [5.41, 5.74) is 9.43. The smallest absolute Gasteiger partial charge is 0.325 e. The molecule has 0 bridgehead atoms. The minimum atomic E-state index is -0.537. The molecule has 0 spiro atoms. The maximum absolute atomic E-state index is 11.0. The predicted molar refractivity (Wildman–Crippen MR) is 81.5 cm³/mol. The van der Waals surface area contributed by atoms with E-state index in [0.717, 1.165) is 0 Å². The van der Waals surface area contributed by atoms with Crippen LogP contribution in [0.25, 0.3) is 22.3 Å². The van der Waals surface area contributed by atoms with Crippen LogP contribution < -0.4 is 28.3 Å². The summed E-state index contributed by atoms with van der Waals surface area (Å²) in [6, 6.07) is 0. The lowest BCUT2D eigenvalue weighted by Gasteiger charge is -1.98. The van der Waals surface area contributed by atoms with Crippen LogP contribution in [0, 0.1) is 0 Å². The molecule has 24 heavy (non-hydrogen) atoms. The molecule has 4 aromatic heterocycles. The van der Waals surface area contributed by atoms with Crippen LogP contribution in [0.1, 0.15) is 0 Å². The summed E-state index contributed by atoms with van der Waals surface area (Å²) in [5, 5.41) is 9.18. The lowest BCUT2D eigenvalue weighted by molar-refractivity contribution is 0.199. The molecular weight excluding hydrogens is 324 g/mol. The van der Waals surface area contributed by atoms with Gasteiger partial charge in [-0.3, -0.25) is 24.5 Å². The van der Waals surface area contributed by atoms with E-state index in [4.69, 9.17) is 11.5 Å². The molecule has 0 aliphatic carbocycles. The minimum absolute atomic E-state index is 0.0252. The van der Waals surface area contributed by atoms with Crippen molar-refractivity contribution in [3.63, 3.8) is 0 Å². The summed E-state index contributed by atoms with van der Waals surface area (Å²) >= 11 is 0. The Morgan fingerprint density at radius 2 is 1.79 bits per heavy atom. The highest BCUT2D eigenvalue weighted by molar-refractivity contribution is 5.70. The maximum atomic E-state index is 11.0. The van der Waals surface area contributed by atoms with Crippen molar-refractivity contribution in [1.29, 1.82) is 0 Å². The van der Waals surface area contributed by atoms with E-state index < -0.39 is 16.8 Å². The highest BCUT2D eigenvalue weighted by Crippen LogP contribution is 2.03. The number of hydrogen-bond donors (Lipinski definition) is 7. The quantitative estimate of drug-likeness (QED) is 0.168. The Morgan fingerprint density at radius 1 is 1.04 bits per heavy atom. The van der Waals surface area contributed by atoms with Gasteiger partial charge in [0.25, 0.3) is 5.56 Å². The van der Waals surface area contributed by atoms with Crippen LogP contribution in [0.2, 0.25) is 0 Å². The largest absolute Gasteiger partial charge is 0.423 e. The van der Waals surface area contributed by atoms with Gasteiger partial charge in [0.1, 0.15) is 0 Å². The van der Waals surface area contributed by atoms with Gasteiger partial charge in [-0.2, -0.15) is 9.97 Å². The van der Waals surface area contributed by atoms with E-state index >= 15 is 0 Å². The van der Waals surface area contributed by atoms with E-state index in [2.05, 4.69) is 34.9 Å². The zero-order valence-electron chi connectivity index (χ0n) is 11.7. The number of fused-ring (bicyclic) bond motifs is 2. The maximum Gasteiger partial charge on any atom is 0.325 e. The molecule has 4 rings (SSSR count). The third kappa shape index (κ3) is 2.43. The molecule has 124 valence electrons. The highest BCUT2D eigenvalue weighted by Gasteiger charge is 2.08. The Labute approximate surface area is 129 Å². The first-order valence-corrected chi connectivity index (χ1v) is 6.25. The predicted octanol–water partition coefficient (Wildman–Crippen LogP) is -2.54. The van der Waals surface area contributed by atoms with Crippen LogP contribution in [0.15, 0.2) is 20.7 Å². The number of nitrogens with zero attached hydrogens (tertiary/aromatic N) is 4. The number of aromatic amines is 4. The van der Waals surface area contributed by atoms with Crippen molar-refractivity contribution in [1.82, 2.24) is 39.6 Å². The van der Waals surface area contributed by atoms with E-state index in [-0.39, 0.29) is 34.2 Å². The van der Waals surface area contributed by atoms with Crippen LogP contribution in [0.3, 0.4) is 0 Å². The van der Waals surface area contributed by atoms with Gasteiger partial charge in [0.05, 0.1) is 6.33 Å². The highest BCUT2D eigenvalue weighted by atomic mass is 16.5. The summed E-state index contributed by atoms with van der Waals surface area (Å²) in [4.78, 5) is 52.9. The molecule has 9 N–H and O–H groups in total. The lowest BCUT2D eigenvalue weighted by atomic mass is 10.5. The monoisotopic (exact) mass is 334 g/mol. The fourth-order valence-electron chi connectivity index (χ4n) is 1.87. The van der Waals surface area contributed by atoms with Crippen molar-refractivity contribution in [2.45, 2.75) is 0 Å². The number of hydrogen-bond acceptors (Lipinski definition) is 9.